The SMILES string of the molecule is CCc1cccc(C(SCCN)(c2ccccc2)c2cccc(O)c2)c1. The van der Waals surface area contributed by atoms with Crippen LogP contribution >= 0.6 is 11.8 Å². The first kappa shape index (κ1) is 18.6. The third-order valence-corrected chi connectivity index (χ3v) is 6.19. The van der Waals surface area contributed by atoms with Crippen molar-refractivity contribution in [2.24, 2.45) is 5.73 Å². The summed E-state index contributed by atoms with van der Waals surface area (Å²) in [4.78, 5) is 0. The number of aromatic hydroxyl groups is 1. The van der Waals surface area contributed by atoms with Crippen LogP contribution in [-0.4, -0.2) is 17.4 Å². The fourth-order valence-electron chi connectivity index (χ4n) is 3.37. The number of aryl methyl sites for hydroxylation is 1. The Balaban J connectivity index is 2.30. The number of thioether (sulfide) groups is 1. The number of hydrogen-bond donors (Lipinski definition) is 2. The fraction of sp³-hybridized carbons (Fsp3) is 0.217. The standard InChI is InChI=1S/C23H25NOS/c1-2-18-8-6-11-20(16-18)23(26-15-14-24,19-9-4-3-5-10-19)21-12-7-13-22(25)17-21/h3-13,16-17,25H,2,14-15,24H2,1H3. The first-order valence-corrected chi connectivity index (χ1v) is 9.97. The van der Waals surface area contributed by atoms with E-state index in [1.54, 1.807) is 6.07 Å². The van der Waals surface area contributed by atoms with E-state index in [0.717, 1.165) is 17.7 Å². The van der Waals surface area contributed by atoms with Crippen LogP contribution in [0.2, 0.25) is 0 Å². The van der Waals surface area contributed by atoms with E-state index >= 15 is 0 Å². The second-order valence-corrected chi connectivity index (χ2v) is 7.60. The van der Waals surface area contributed by atoms with Gasteiger partial charge in [0.15, 0.2) is 0 Å². The van der Waals surface area contributed by atoms with Crippen LogP contribution in [0, 0.1) is 0 Å². The first-order chi connectivity index (χ1) is 12.7. The van der Waals surface area contributed by atoms with Crippen molar-refractivity contribution in [3.63, 3.8) is 0 Å². The molecule has 0 bridgehead atoms. The molecule has 0 radical (unpaired) electrons. The molecule has 134 valence electrons. The highest BCUT2D eigenvalue weighted by Gasteiger charge is 2.37. The molecule has 3 heteroatoms. The molecule has 0 saturated heterocycles. The molecule has 0 amide bonds. The van der Waals surface area contributed by atoms with E-state index in [4.69, 9.17) is 5.73 Å². The minimum Gasteiger partial charge on any atom is -0.508 e. The van der Waals surface area contributed by atoms with Gasteiger partial charge in [-0.3, -0.25) is 0 Å². The van der Waals surface area contributed by atoms with Crippen LogP contribution in [0.1, 0.15) is 29.2 Å². The lowest BCUT2D eigenvalue weighted by molar-refractivity contribution is 0.474. The molecular weight excluding hydrogens is 338 g/mol. The molecule has 0 aliphatic carbocycles. The largest absolute Gasteiger partial charge is 0.508 e. The van der Waals surface area contributed by atoms with Crippen LogP contribution in [0.4, 0.5) is 0 Å². The number of rotatable bonds is 7. The van der Waals surface area contributed by atoms with Gasteiger partial charge in [0.1, 0.15) is 5.75 Å². The number of benzene rings is 3. The van der Waals surface area contributed by atoms with Crippen molar-refractivity contribution in [2.75, 3.05) is 12.3 Å². The predicted octanol–water partition coefficient (Wildman–Crippen LogP) is 4.94. The molecule has 0 fully saturated rings. The molecule has 0 spiro atoms. The normalized spacial score (nSPS) is 13.3. The van der Waals surface area contributed by atoms with Crippen molar-refractivity contribution in [1.29, 1.82) is 0 Å². The Hall–Kier alpha value is -2.23. The van der Waals surface area contributed by atoms with Crippen LogP contribution in [-0.2, 0) is 11.2 Å². The van der Waals surface area contributed by atoms with Crippen molar-refractivity contribution in [3.05, 3.63) is 101 Å². The topological polar surface area (TPSA) is 46.2 Å². The van der Waals surface area contributed by atoms with E-state index in [2.05, 4.69) is 61.5 Å². The van der Waals surface area contributed by atoms with Gasteiger partial charge >= 0.3 is 0 Å². The Morgan fingerprint density at radius 2 is 1.50 bits per heavy atom. The Morgan fingerprint density at radius 1 is 0.846 bits per heavy atom. The van der Waals surface area contributed by atoms with Gasteiger partial charge in [0.2, 0.25) is 0 Å². The average molecular weight is 364 g/mol. The van der Waals surface area contributed by atoms with Crippen molar-refractivity contribution < 1.29 is 5.11 Å². The highest BCUT2D eigenvalue weighted by Crippen LogP contribution is 2.49. The molecular formula is C23H25NOS. The van der Waals surface area contributed by atoms with Gasteiger partial charge in [-0.05, 0) is 40.8 Å². The van der Waals surface area contributed by atoms with Gasteiger partial charge in [0.25, 0.3) is 0 Å². The number of nitrogens with two attached hydrogens (primary N) is 1. The minimum atomic E-state index is -0.412. The van der Waals surface area contributed by atoms with Crippen LogP contribution in [0.5, 0.6) is 5.75 Å². The summed E-state index contributed by atoms with van der Waals surface area (Å²) in [6.45, 7) is 2.77. The maximum Gasteiger partial charge on any atom is 0.115 e. The summed E-state index contributed by atoms with van der Waals surface area (Å²) in [5, 5.41) is 10.2. The molecule has 3 N–H and O–H groups in total. The molecule has 0 aliphatic rings. The van der Waals surface area contributed by atoms with E-state index in [0.29, 0.717) is 6.54 Å². The molecule has 0 heterocycles. The second kappa shape index (κ2) is 8.43. The zero-order chi connectivity index (χ0) is 18.4. The lowest BCUT2D eigenvalue weighted by Gasteiger charge is -2.35. The molecule has 0 aromatic heterocycles. The van der Waals surface area contributed by atoms with Crippen molar-refractivity contribution in [2.45, 2.75) is 18.1 Å². The van der Waals surface area contributed by atoms with E-state index in [1.165, 1.54) is 16.7 Å². The Labute approximate surface area is 160 Å². The first-order valence-electron chi connectivity index (χ1n) is 8.99. The lowest BCUT2D eigenvalue weighted by Crippen LogP contribution is -2.27. The average Bonchev–Trinajstić information content (AvgIpc) is 2.70. The second-order valence-electron chi connectivity index (χ2n) is 6.29. The highest BCUT2D eigenvalue weighted by molar-refractivity contribution is 8.00. The van der Waals surface area contributed by atoms with E-state index < -0.39 is 4.75 Å². The molecule has 3 aromatic carbocycles. The predicted molar refractivity (Wildman–Crippen MR) is 112 cm³/mol. The third kappa shape index (κ3) is 3.64. The maximum absolute atomic E-state index is 10.2. The zero-order valence-electron chi connectivity index (χ0n) is 15.1. The fourth-order valence-corrected chi connectivity index (χ4v) is 4.68. The molecule has 0 saturated carbocycles. The van der Waals surface area contributed by atoms with Gasteiger partial charge in [0, 0.05) is 12.3 Å². The monoisotopic (exact) mass is 363 g/mol. The molecule has 0 aliphatic heterocycles. The van der Waals surface area contributed by atoms with Crippen molar-refractivity contribution in [1.82, 2.24) is 0 Å². The summed E-state index contributed by atoms with van der Waals surface area (Å²) in [6, 6.07) is 26.8. The Kier molecular flexibility index (Phi) is 6.02. The summed E-state index contributed by atoms with van der Waals surface area (Å²) in [5.74, 6) is 1.10. The quantitative estimate of drug-likeness (QED) is 0.585. The van der Waals surface area contributed by atoms with E-state index in [1.807, 2.05) is 30.0 Å². The number of phenols is 1. The number of hydrogen-bond acceptors (Lipinski definition) is 3. The van der Waals surface area contributed by atoms with Gasteiger partial charge < -0.3 is 10.8 Å². The molecule has 2 nitrogen and oxygen atoms in total. The van der Waals surface area contributed by atoms with Gasteiger partial charge in [-0.2, -0.15) is 0 Å². The third-order valence-electron chi connectivity index (χ3n) is 4.61. The zero-order valence-corrected chi connectivity index (χ0v) is 15.9. The van der Waals surface area contributed by atoms with Crippen LogP contribution in [0.15, 0.2) is 78.9 Å². The highest BCUT2D eigenvalue weighted by atomic mass is 32.2. The van der Waals surface area contributed by atoms with E-state index in [-0.39, 0.29) is 5.75 Å². The minimum absolute atomic E-state index is 0.280. The van der Waals surface area contributed by atoms with Crippen LogP contribution < -0.4 is 5.73 Å². The molecule has 3 rings (SSSR count). The maximum atomic E-state index is 10.2. The summed E-state index contributed by atoms with van der Waals surface area (Å²) in [7, 11) is 0. The van der Waals surface area contributed by atoms with Crippen LogP contribution in [0.3, 0.4) is 0 Å². The van der Waals surface area contributed by atoms with Crippen molar-refractivity contribution in [3.8, 4) is 5.75 Å². The van der Waals surface area contributed by atoms with Crippen molar-refractivity contribution >= 4 is 11.8 Å². The lowest BCUT2D eigenvalue weighted by atomic mass is 9.83. The van der Waals surface area contributed by atoms with Crippen LogP contribution in [0.25, 0.3) is 0 Å². The summed E-state index contributed by atoms with van der Waals surface area (Å²) >= 11 is 1.82. The van der Waals surface area contributed by atoms with Gasteiger partial charge in [-0.1, -0.05) is 73.7 Å². The number of phenolic OH excluding ortho intramolecular Hbond substituents is 1. The molecule has 26 heavy (non-hydrogen) atoms. The van der Waals surface area contributed by atoms with Gasteiger partial charge in [0.05, 0.1) is 4.75 Å². The summed E-state index contributed by atoms with van der Waals surface area (Å²) in [6.07, 6.45) is 0.986. The van der Waals surface area contributed by atoms with Gasteiger partial charge in [-0.15, -0.1) is 11.8 Å². The van der Waals surface area contributed by atoms with Gasteiger partial charge in [-0.25, -0.2) is 0 Å². The Bertz CT molecular complexity index is 850. The molecule has 1 atom stereocenters. The van der Waals surface area contributed by atoms with E-state index in [9.17, 15) is 5.11 Å². The molecule has 3 aromatic rings. The summed E-state index contributed by atoms with van der Waals surface area (Å²) in [5.41, 5.74) is 10.7. The smallest absolute Gasteiger partial charge is 0.115 e. The Morgan fingerprint density at radius 3 is 2.15 bits per heavy atom. The summed E-state index contributed by atoms with van der Waals surface area (Å²) < 4.78 is -0.412. The molecule has 1 unspecified atom stereocenters.